The van der Waals surface area contributed by atoms with E-state index >= 15 is 0 Å². The summed E-state index contributed by atoms with van der Waals surface area (Å²) in [6, 6.07) is 0. The number of hydrogen-bond acceptors (Lipinski definition) is 5. The van der Waals surface area contributed by atoms with Gasteiger partial charge in [-0.25, -0.2) is 0 Å². The van der Waals surface area contributed by atoms with Crippen molar-refractivity contribution < 1.29 is 14.3 Å². The predicted octanol–water partition coefficient (Wildman–Crippen LogP) is 1.44. The van der Waals surface area contributed by atoms with E-state index in [0.29, 0.717) is 11.8 Å². The Bertz CT molecular complexity index is 378. The number of methoxy groups -OCH3 is 2. The molecule has 1 heterocycles. The maximum Gasteiger partial charge on any atom is 0.319 e. The fourth-order valence-corrected chi connectivity index (χ4v) is 3.45. The minimum Gasteiger partial charge on any atom is -0.497 e. The molecule has 0 aromatic rings. The molecule has 4 nitrogen and oxygen atoms in total. The molecule has 0 saturated carbocycles. The van der Waals surface area contributed by atoms with Crippen molar-refractivity contribution >= 4 is 17.7 Å². The molecular weight excluding hydrogens is 250 g/mol. The Morgan fingerprint density at radius 3 is 3.11 bits per heavy atom. The van der Waals surface area contributed by atoms with Crippen LogP contribution < -0.4 is 0 Å². The first kappa shape index (κ1) is 13.5. The summed E-state index contributed by atoms with van der Waals surface area (Å²) in [7, 11) is 3.13. The molecule has 1 unspecified atom stereocenters. The molecule has 1 atom stereocenters. The Balaban J connectivity index is 2.04. The van der Waals surface area contributed by atoms with Gasteiger partial charge in [0.1, 0.15) is 5.76 Å². The normalized spacial score (nSPS) is 24.4. The fraction of sp³-hybridized carbons (Fsp3) is 0.615. The molecule has 0 aromatic carbocycles. The van der Waals surface area contributed by atoms with E-state index in [9.17, 15) is 4.79 Å². The van der Waals surface area contributed by atoms with Crippen LogP contribution in [0.15, 0.2) is 23.5 Å². The molecule has 0 radical (unpaired) electrons. The van der Waals surface area contributed by atoms with Crippen LogP contribution in [0.1, 0.15) is 6.42 Å². The average molecular weight is 269 g/mol. The SMILES string of the molecule is COC(=O)CN1CCSC2CC=C(OC)C=C2C1. The molecule has 18 heavy (non-hydrogen) atoms. The van der Waals surface area contributed by atoms with Crippen molar-refractivity contribution in [3.63, 3.8) is 0 Å². The van der Waals surface area contributed by atoms with Crippen molar-refractivity contribution in [3.05, 3.63) is 23.5 Å². The van der Waals surface area contributed by atoms with E-state index in [4.69, 9.17) is 9.47 Å². The Hall–Kier alpha value is -0.940. The highest BCUT2D eigenvalue weighted by atomic mass is 32.2. The Kier molecular flexibility index (Phi) is 4.72. The average Bonchev–Trinajstić information content (AvgIpc) is 2.59. The number of esters is 1. The number of carbonyl (C=O) groups excluding carboxylic acids is 1. The van der Waals surface area contributed by atoms with Gasteiger partial charge in [-0.2, -0.15) is 11.8 Å². The van der Waals surface area contributed by atoms with E-state index < -0.39 is 0 Å². The van der Waals surface area contributed by atoms with E-state index in [1.807, 2.05) is 11.8 Å². The van der Waals surface area contributed by atoms with Crippen molar-refractivity contribution in [2.24, 2.45) is 0 Å². The van der Waals surface area contributed by atoms with Crippen LogP contribution in [0.25, 0.3) is 0 Å². The largest absolute Gasteiger partial charge is 0.497 e. The van der Waals surface area contributed by atoms with Gasteiger partial charge < -0.3 is 9.47 Å². The van der Waals surface area contributed by atoms with Crippen molar-refractivity contribution in [1.82, 2.24) is 4.90 Å². The number of rotatable bonds is 3. The van der Waals surface area contributed by atoms with E-state index in [0.717, 1.165) is 31.0 Å². The Labute approximate surface area is 112 Å². The van der Waals surface area contributed by atoms with Gasteiger partial charge in [0.05, 0.1) is 20.8 Å². The minimum atomic E-state index is -0.169. The summed E-state index contributed by atoms with van der Waals surface area (Å²) in [5.74, 6) is 1.81. The standard InChI is InChI=1S/C13H19NO3S/c1-16-11-3-4-12-10(7-11)8-14(5-6-18-12)9-13(15)17-2/h3,7,12H,4-6,8-9H2,1-2H3. The van der Waals surface area contributed by atoms with Crippen molar-refractivity contribution in [2.75, 3.05) is 39.6 Å². The highest BCUT2D eigenvalue weighted by Crippen LogP contribution is 2.31. The first-order chi connectivity index (χ1) is 8.72. The third-order valence-electron chi connectivity index (χ3n) is 3.22. The highest BCUT2D eigenvalue weighted by Gasteiger charge is 2.25. The topological polar surface area (TPSA) is 38.8 Å². The second-order valence-corrected chi connectivity index (χ2v) is 5.72. The summed E-state index contributed by atoms with van der Waals surface area (Å²) in [6.45, 7) is 2.12. The van der Waals surface area contributed by atoms with Gasteiger partial charge in [0.2, 0.25) is 0 Å². The van der Waals surface area contributed by atoms with Gasteiger partial charge in [0, 0.05) is 24.1 Å². The van der Waals surface area contributed by atoms with Gasteiger partial charge in [-0.1, -0.05) is 0 Å². The molecule has 5 heteroatoms. The quantitative estimate of drug-likeness (QED) is 0.725. The van der Waals surface area contributed by atoms with Crippen LogP contribution in [0.5, 0.6) is 0 Å². The Morgan fingerprint density at radius 1 is 1.56 bits per heavy atom. The van der Waals surface area contributed by atoms with Crippen LogP contribution in [0, 0.1) is 0 Å². The summed E-state index contributed by atoms with van der Waals surface area (Å²) >= 11 is 1.96. The van der Waals surface area contributed by atoms with Crippen LogP contribution >= 0.6 is 11.8 Å². The molecule has 0 bridgehead atoms. The number of carbonyl (C=O) groups is 1. The number of ether oxygens (including phenoxy) is 2. The van der Waals surface area contributed by atoms with Crippen LogP contribution in [0.3, 0.4) is 0 Å². The number of fused-ring (bicyclic) bond motifs is 1. The van der Waals surface area contributed by atoms with Gasteiger partial charge in [0.25, 0.3) is 0 Å². The van der Waals surface area contributed by atoms with Gasteiger partial charge >= 0.3 is 5.97 Å². The second kappa shape index (κ2) is 6.29. The zero-order valence-electron chi connectivity index (χ0n) is 10.8. The molecule has 1 fully saturated rings. The lowest BCUT2D eigenvalue weighted by molar-refractivity contribution is -0.141. The third kappa shape index (κ3) is 3.29. The molecule has 1 aliphatic heterocycles. The van der Waals surface area contributed by atoms with E-state index in [1.165, 1.54) is 12.7 Å². The maximum absolute atomic E-state index is 11.3. The van der Waals surface area contributed by atoms with Crippen LogP contribution in [0.2, 0.25) is 0 Å². The molecule has 2 aliphatic rings. The van der Waals surface area contributed by atoms with Gasteiger partial charge in [-0.15, -0.1) is 0 Å². The number of hydrogen-bond donors (Lipinski definition) is 0. The van der Waals surface area contributed by atoms with Gasteiger partial charge in [-0.3, -0.25) is 9.69 Å². The monoisotopic (exact) mass is 269 g/mol. The van der Waals surface area contributed by atoms with Crippen molar-refractivity contribution in [1.29, 1.82) is 0 Å². The molecule has 1 saturated heterocycles. The molecule has 0 spiro atoms. The van der Waals surface area contributed by atoms with Gasteiger partial charge in [0.15, 0.2) is 0 Å². The smallest absolute Gasteiger partial charge is 0.319 e. The summed E-state index contributed by atoms with van der Waals surface area (Å²) < 4.78 is 10.0. The second-order valence-electron chi connectivity index (χ2n) is 4.41. The van der Waals surface area contributed by atoms with Crippen molar-refractivity contribution in [3.8, 4) is 0 Å². The lowest BCUT2D eigenvalue weighted by Gasteiger charge is -2.23. The summed E-state index contributed by atoms with van der Waals surface area (Å²) in [5, 5.41) is 0.534. The molecule has 0 N–H and O–H groups in total. The Morgan fingerprint density at radius 2 is 2.39 bits per heavy atom. The molecule has 2 rings (SSSR count). The van der Waals surface area contributed by atoms with E-state index in [-0.39, 0.29) is 5.97 Å². The lowest BCUT2D eigenvalue weighted by atomic mass is 10.0. The molecule has 0 amide bonds. The van der Waals surface area contributed by atoms with Crippen LogP contribution in [0.4, 0.5) is 0 Å². The fourth-order valence-electron chi connectivity index (χ4n) is 2.22. The predicted molar refractivity (Wildman–Crippen MR) is 72.5 cm³/mol. The molecular formula is C13H19NO3S. The number of allylic oxidation sites excluding steroid dienone is 2. The number of thioether (sulfide) groups is 1. The minimum absolute atomic E-state index is 0.169. The summed E-state index contributed by atoms with van der Waals surface area (Å²) in [6.07, 6.45) is 5.26. The number of nitrogens with zero attached hydrogens (tertiary/aromatic N) is 1. The molecule has 0 aromatic heterocycles. The first-order valence-corrected chi connectivity index (χ1v) is 7.13. The lowest BCUT2D eigenvalue weighted by Crippen LogP contribution is -2.33. The molecule has 100 valence electrons. The van der Waals surface area contributed by atoms with Crippen molar-refractivity contribution in [2.45, 2.75) is 11.7 Å². The van der Waals surface area contributed by atoms with E-state index in [2.05, 4.69) is 17.1 Å². The maximum atomic E-state index is 11.3. The van der Waals surface area contributed by atoms with Crippen LogP contribution in [-0.2, 0) is 14.3 Å². The third-order valence-corrected chi connectivity index (χ3v) is 4.54. The first-order valence-electron chi connectivity index (χ1n) is 6.08. The summed E-state index contributed by atoms with van der Waals surface area (Å²) in [4.78, 5) is 13.5. The zero-order valence-corrected chi connectivity index (χ0v) is 11.7. The van der Waals surface area contributed by atoms with Crippen LogP contribution in [-0.4, -0.2) is 55.7 Å². The summed E-state index contributed by atoms with van der Waals surface area (Å²) in [5.41, 5.74) is 1.35. The zero-order chi connectivity index (χ0) is 13.0. The van der Waals surface area contributed by atoms with Gasteiger partial charge in [-0.05, 0) is 24.1 Å². The highest BCUT2D eigenvalue weighted by molar-refractivity contribution is 8.00. The molecule has 1 aliphatic carbocycles. The van der Waals surface area contributed by atoms with E-state index in [1.54, 1.807) is 7.11 Å².